The smallest absolute Gasteiger partial charge is 0.228 e. The monoisotopic (exact) mass is 284 g/mol. The molecule has 1 atom stereocenters. The fourth-order valence-electron chi connectivity index (χ4n) is 2.81. The highest BCUT2D eigenvalue weighted by Crippen LogP contribution is 2.30. The van der Waals surface area contributed by atoms with Crippen molar-refractivity contribution in [3.8, 4) is 0 Å². The lowest BCUT2D eigenvalue weighted by Crippen LogP contribution is -2.19. The van der Waals surface area contributed by atoms with Crippen LogP contribution in [0.1, 0.15) is 28.3 Å². The Labute approximate surface area is 123 Å². The Hall–Kier alpha value is -2.20. The predicted molar refractivity (Wildman–Crippen MR) is 80.8 cm³/mol. The summed E-state index contributed by atoms with van der Waals surface area (Å²) in [6.07, 6.45) is 0.385. The second-order valence-corrected chi connectivity index (χ2v) is 5.39. The molecule has 0 bridgehead atoms. The molecule has 0 saturated carbocycles. The summed E-state index contributed by atoms with van der Waals surface area (Å²) in [6.45, 7) is 1.95. The maximum absolute atomic E-state index is 14.1. The Morgan fingerprint density at radius 2 is 2.05 bits per heavy atom. The predicted octanol–water partition coefficient (Wildman–Crippen LogP) is 2.94. The molecule has 0 spiro atoms. The third-order valence-corrected chi connectivity index (χ3v) is 3.84. The van der Waals surface area contributed by atoms with Gasteiger partial charge in [0.1, 0.15) is 5.82 Å². The fraction of sp³-hybridized carbons (Fsp3) is 0.235. The van der Waals surface area contributed by atoms with Gasteiger partial charge in [-0.05, 0) is 37.2 Å². The molecule has 1 aliphatic rings. The van der Waals surface area contributed by atoms with Crippen LogP contribution in [0.3, 0.4) is 0 Å². The molecular formula is C17H17FN2O. The van der Waals surface area contributed by atoms with Gasteiger partial charge in [-0.1, -0.05) is 29.8 Å². The number of carbonyl (C=O) groups excluding carboxylic acids is 1. The van der Waals surface area contributed by atoms with E-state index in [9.17, 15) is 9.18 Å². The van der Waals surface area contributed by atoms with Gasteiger partial charge in [0, 0.05) is 11.3 Å². The SMILES string of the molecule is CNC(c1ccc2c(c1)CC(=O)N2)c1cc(C)ccc1F. The first-order valence-corrected chi connectivity index (χ1v) is 6.94. The van der Waals surface area contributed by atoms with Crippen LogP contribution in [-0.4, -0.2) is 13.0 Å². The molecule has 21 heavy (non-hydrogen) atoms. The maximum atomic E-state index is 14.1. The van der Waals surface area contributed by atoms with Crippen LogP contribution in [0.4, 0.5) is 10.1 Å². The highest BCUT2D eigenvalue weighted by molar-refractivity contribution is 5.99. The summed E-state index contributed by atoms with van der Waals surface area (Å²) in [5.41, 5.74) is 4.41. The molecule has 1 amide bonds. The van der Waals surface area contributed by atoms with Crippen molar-refractivity contribution in [1.82, 2.24) is 5.32 Å². The van der Waals surface area contributed by atoms with Gasteiger partial charge in [-0.2, -0.15) is 0 Å². The highest BCUT2D eigenvalue weighted by Gasteiger charge is 2.21. The topological polar surface area (TPSA) is 41.1 Å². The van der Waals surface area contributed by atoms with E-state index in [-0.39, 0.29) is 17.8 Å². The standard InChI is InChI=1S/C17H17FN2O/c1-10-3-5-14(18)13(7-10)17(19-2)11-4-6-15-12(8-11)9-16(21)20-15/h3-8,17,19H,9H2,1-2H3,(H,20,21). The Bertz CT molecular complexity index is 712. The van der Waals surface area contributed by atoms with Gasteiger partial charge in [0.15, 0.2) is 0 Å². The molecule has 0 aliphatic carbocycles. The van der Waals surface area contributed by atoms with Gasteiger partial charge in [-0.25, -0.2) is 4.39 Å². The molecule has 1 heterocycles. The molecule has 2 N–H and O–H groups in total. The largest absolute Gasteiger partial charge is 0.326 e. The van der Waals surface area contributed by atoms with E-state index in [1.165, 1.54) is 6.07 Å². The molecule has 0 fully saturated rings. The summed E-state index contributed by atoms with van der Waals surface area (Å²) < 4.78 is 14.1. The fourth-order valence-corrected chi connectivity index (χ4v) is 2.81. The molecule has 108 valence electrons. The van der Waals surface area contributed by atoms with Gasteiger partial charge in [-0.3, -0.25) is 4.79 Å². The first-order chi connectivity index (χ1) is 10.1. The number of halogens is 1. The molecule has 4 heteroatoms. The Balaban J connectivity index is 2.03. The molecule has 2 aromatic carbocycles. The number of benzene rings is 2. The molecule has 2 aromatic rings. The van der Waals surface area contributed by atoms with E-state index in [0.29, 0.717) is 12.0 Å². The number of hydrogen-bond donors (Lipinski definition) is 2. The summed E-state index contributed by atoms with van der Waals surface area (Å²) in [5.74, 6) is -0.223. The van der Waals surface area contributed by atoms with Crippen LogP contribution in [0.2, 0.25) is 0 Å². The summed E-state index contributed by atoms with van der Waals surface area (Å²) in [6, 6.07) is 10.7. The number of amides is 1. The van der Waals surface area contributed by atoms with Gasteiger partial charge in [0.2, 0.25) is 5.91 Å². The summed E-state index contributed by atoms with van der Waals surface area (Å²) >= 11 is 0. The van der Waals surface area contributed by atoms with Crippen molar-refractivity contribution in [1.29, 1.82) is 0 Å². The van der Waals surface area contributed by atoms with Crippen LogP contribution in [-0.2, 0) is 11.2 Å². The minimum atomic E-state index is -0.231. The summed E-state index contributed by atoms with van der Waals surface area (Å²) in [7, 11) is 1.81. The Morgan fingerprint density at radius 3 is 2.81 bits per heavy atom. The number of carbonyl (C=O) groups is 1. The van der Waals surface area contributed by atoms with E-state index in [1.54, 1.807) is 6.07 Å². The van der Waals surface area contributed by atoms with Crippen LogP contribution in [0, 0.1) is 12.7 Å². The number of anilines is 1. The lowest BCUT2D eigenvalue weighted by Gasteiger charge is -2.19. The molecule has 0 aromatic heterocycles. The number of hydrogen-bond acceptors (Lipinski definition) is 2. The number of aryl methyl sites for hydroxylation is 1. The van der Waals surface area contributed by atoms with Crippen molar-refractivity contribution >= 4 is 11.6 Å². The van der Waals surface area contributed by atoms with Crippen LogP contribution in [0.5, 0.6) is 0 Å². The molecule has 1 unspecified atom stereocenters. The zero-order valence-corrected chi connectivity index (χ0v) is 12.0. The van der Waals surface area contributed by atoms with E-state index in [1.807, 2.05) is 38.2 Å². The Kier molecular flexibility index (Phi) is 3.47. The lowest BCUT2D eigenvalue weighted by molar-refractivity contribution is -0.115. The van der Waals surface area contributed by atoms with E-state index in [2.05, 4.69) is 10.6 Å². The van der Waals surface area contributed by atoms with Crippen molar-refractivity contribution < 1.29 is 9.18 Å². The van der Waals surface area contributed by atoms with Gasteiger partial charge < -0.3 is 10.6 Å². The van der Waals surface area contributed by atoms with Crippen LogP contribution in [0.15, 0.2) is 36.4 Å². The molecule has 1 aliphatic heterocycles. The van der Waals surface area contributed by atoms with E-state index in [4.69, 9.17) is 0 Å². The molecule has 3 nitrogen and oxygen atoms in total. The van der Waals surface area contributed by atoms with Gasteiger partial charge in [0.25, 0.3) is 0 Å². The van der Waals surface area contributed by atoms with E-state index in [0.717, 1.165) is 22.4 Å². The van der Waals surface area contributed by atoms with Crippen molar-refractivity contribution in [3.05, 3.63) is 64.5 Å². The minimum Gasteiger partial charge on any atom is -0.326 e. The second kappa shape index (κ2) is 5.30. The molecule has 3 rings (SSSR count). The quantitative estimate of drug-likeness (QED) is 0.910. The maximum Gasteiger partial charge on any atom is 0.228 e. The second-order valence-electron chi connectivity index (χ2n) is 5.39. The van der Waals surface area contributed by atoms with Gasteiger partial charge in [-0.15, -0.1) is 0 Å². The molecule has 0 radical (unpaired) electrons. The van der Waals surface area contributed by atoms with Crippen molar-refractivity contribution in [2.24, 2.45) is 0 Å². The first-order valence-electron chi connectivity index (χ1n) is 6.94. The normalized spacial score (nSPS) is 14.7. The first kappa shape index (κ1) is 13.8. The van der Waals surface area contributed by atoms with Crippen molar-refractivity contribution in [2.75, 3.05) is 12.4 Å². The van der Waals surface area contributed by atoms with Crippen molar-refractivity contribution in [3.63, 3.8) is 0 Å². The van der Waals surface area contributed by atoms with Gasteiger partial charge >= 0.3 is 0 Å². The average molecular weight is 284 g/mol. The summed E-state index contributed by atoms with van der Waals surface area (Å²) in [4.78, 5) is 11.4. The van der Waals surface area contributed by atoms with Crippen LogP contribution in [0.25, 0.3) is 0 Å². The van der Waals surface area contributed by atoms with Gasteiger partial charge in [0.05, 0.1) is 12.5 Å². The third-order valence-electron chi connectivity index (χ3n) is 3.84. The number of fused-ring (bicyclic) bond motifs is 1. The number of nitrogens with one attached hydrogen (secondary N) is 2. The molecular weight excluding hydrogens is 267 g/mol. The van der Waals surface area contributed by atoms with E-state index >= 15 is 0 Å². The zero-order valence-electron chi connectivity index (χ0n) is 12.0. The lowest BCUT2D eigenvalue weighted by atomic mass is 9.95. The average Bonchev–Trinajstić information content (AvgIpc) is 2.83. The van der Waals surface area contributed by atoms with E-state index < -0.39 is 0 Å². The molecule has 0 saturated heterocycles. The Morgan fingerprint density at radius 1 is 1.24 bits per heavy atom. The highest BCUT2D eigenvalue weighted by atomic mass is 19.1. The minimum absolute atomic E-state index is 0.00453. The summed E-state index contributed by atoms with van der Waals surface area (Å²) in [5, 5.41) is 5.97. The van der Waals surface area contributed by atoms with Crippen LogP contribution >= 0.6 is 0 Å². The number of rotatable bonds is 3. The third kappa shape index (κ3) is 2.54. The van der Waals surface area contributed by atoms with Crippen LogP contribution < -0.4 is 10.6 Å². The van der Waals surface area contributed by atoms with Crippen molar-refractivity contribution in [2.45, 2.75) is 19.4 Å². The zero-order chi connectivity index (χ0) is 15.0.